The van der Waals surface area contributed by atoms with E-state index in [1.807, 2.05) is 0 Å². The van der Waals surface area contributed by atoms with E-state index in [1.165, 1.54) is 78.1 Å². The van der Waals surface area contributed by atoms with Gasteiger partial charge < -0.3 is 69.0 Å². The Hall–Kier alpha value is -6.46. The zero-order valence-electron chi connectivity index (χ0n) is 43.0. The Morgan fingerprint density at radius 1 is 0.919 bits per heavy atom. The molecule has 74 heavy (non-hydrogen) atoms. The average molecular weight is 1040 g/mol. The molecule has 1 aliphatic heterocycles. The maximum absolute atomic E-state index is 15.3. The van der Waals surface area contributed by atoms with Crippen LogP contribution in [0.25, 0.3) is 0 Å². The lowest BCUT2D eigenvalue weighted by atomic mass is 9.44. The maximum Gasteiger partial charge on any atom is 0.408 e. The molecule has 1 amide bonds. The first-order valence-corrected chi connectivity index (χ1v) is 24.1. The minimum absolute atomic E-state index is 0.00769. The SMILES string of the molecule is CCOC(=O)[C@@H](N)CC(=O)OCC(=O)O[C@@H](C(=O)O[C@H]1C[C@@]2(O)[C@@H](OC(=O)c3ccccc3)[C@@H]3[C@]4(OC(C)=O)CO[C@@H]4C[C@H](O)[C@@]3(C)C(=O)[C@H](O)C(=C1C)C2(C)C)[C@@H](NC(=O)OC(C)(C)C)c1ccc(OC)cc1. The number of fused-ring (bicyclic) bond motifs is 5. The lowest BCUT2D eigenvalue weighted by molar-refractivity contribution is -0.346. The second-order valence-electron chi connectivity index (χ2n) is 20.6. The van der Waals surface area contributed by atoms with Crippen LogP contribution in [0.3, 0.4) is 0 Å². The number of carbonyl (C=O) groups excluding carboxylic acids is 8. The van der Waals surface area contributed by atoms with Gasteiger partial charge in [-0.05, 0) is 82.5 Å². The molecule has 1 saturated heterocycles. The van der Waals surface area contributed by atoms with Gasteiger partial charge in [0.2, 0.25) is 6.10 Å². The first-order chi connectivity index (χ1) is 34.6. The van der Waals surface area contributed by atoms with Gasteiger partial charge in [-0.1, -0.05) is 44.2 Å². The van der Waals surface area contributed by atoms with Crippen LogP contribution in [-0.4, -0.2) is 149 Å². The largest absolute Gasteiger partial charge is 0.497 e. The number of ketones is 1. The lowest BCUT2D eigenvalue weighted by Crippen LogP contribution is -2.81. The summed E-state index contributed by atoms with van der Waals surface area (Å²) in [4.78, 5) is 110. The van der Waals surface area contributed by atoms with E-state index < -0.39 is 149 Å². The first kappa shape index (κ1) is 56.8. The number of hydrogen-bond donors (Lipinski definition) is 5. The number of hydrogen-bond acceptors (Lipinski definition) is 21. The number of Topliss-reactive ketones (excluding diaryl/α,β-unsaturated/α-hetero) is 1. The first-order valence-electron chi connectivity index (χ1n) is 24.1. The molecule has 2 aromatic carbocycles. The average Bonchev–Trinajstić information content (AvgIpc) is 3.32. The van der Waals surface area contributed by atoms with Gasteiger partial charge >= 0.3 is 41.9 Å². The fourth-order valence-electron chi connectivity index (χ4n) is 10.7. The second-order valence-corrected chi connectivity index (χ2v) is 20.6. The van der Waals surface area contributed by atoms with Crippen molar-refractivity contribution in [1.82, 2.24) is 5.32 Å². The zero-order valence-corrected chi connectivity index (χ0v) is 43.0. The molecule has 3 aliphatic carbocycles. The fraction of sp³-hybridized carbons (Fsp3) is 0.577. The van der Waals surface area contributed by atoms with Crippen molar-refractivity contribution in [3.05, 3.63) is 76.9 Å². The van der Waals surface area contributed by atoms with E-state index in [1.54, 1.807) is 39.0 Å². The van der Waals surface area contributed by atoms with Crippen LogP contribution < -0.4 is 15.8 Å². The van der Waals surface area contributed by atoms with Gasteiger partial charge in [-0.3, -0.25) is 19.2 Å². The summed E-state index contributed by atoms with van der Waals surface area (Å²) in [6.45, 7) is 11.5. The molecule has 3 fully saturated rings. The standard InChI is InChI=1S/C52H66N2O20/c1-11-67-45(62)31(53)21-35(57)68-24-36(58)71-40(38(54-47(64)74-48(4,5)6)28-17-19-30(66-10)20-18-28)46(63)70-32-23-52(65)43(72-44(61)29-15-13-12-14-16-29)41-50(9,42(60)39(59)37(26(32)2)49(52,7)8)33(56)22-34-51(41,25-69-34)73-27(3)55/h12-20,31-34,38-41,43,56,59,65H,11,21-25,53H2,1-10H3,(H,54,64)/t31-,32-,33-,34+,38-,39+,40+,41-,43-,50+,51-,52+/m0/s1. The van der Waals surface area contributed by atoms with Crippen molar-refractivity contribution in [2.75, 3.05) is 26.9 Å². The number of nitrogens with one attached hydrogen (secondary N) is 1. The summed E-state index contributed by atoms with van der Waals surface area (Å²) < 4.78 is 50.9. The van der Waals surface area contributed by atoms with Crippen LogP contribution in [-0.2, 0) is 66.7 Å². The molecule has 6 rings (SSSR count). The van der Waals surface area contributed by atoms with Gasteiger partial charge in [0.15, 0.2) is 18.0 Å². The molecule has 2 aromatic rings. The van der Waals surface area contributed by atoms with Gasteiger partial charge in [0, 0.05) is 25.2 Å². The Bertz CT molecular complexity index is 2520. The summed E-state index contributed by atoms with van der Waals surface area (Å²) in [5, 5.41) is 40.8. The number of amides is 1. The Balaban J connectivity index is 1.49. The Morgan fingerprint density at radius 3 is 2.14 bits per heavy atom. The minimum atomic E-state index is -2.52. The van der Waals surface area contributed by atoms with Crippen LogP contribution in [0.1, 0.15) is 104 Å². The molecule has 12 atom stereocenters. The topological polar surface area (TPSA) is 318 Å². The number of aliphatic hydroxyl groups excluding tert-OH is 2. The van der Waals surface area contributed by atoms with Crippen LogP contribution in [0, 0.1) is 16.7 Å². The number of benzene rings is 2. The third-order valence-electron chi connectivity index (χ3n) is 14.4. The van der Waals surface area contributed by atoms with E-state index >= 15 is 9.59 Å². The summed E-state index contributed by atoms with van der Waals surface area (Å²) in [6.07, 6.45) is -13.4. The molecule has 0 unspecified atom stereocenters. The van der Waals surface area contributed by atoms with Crippen LogP contribution in [0.5, 0.6) is 5.75 Å². The molecule has 22 heteroatoms. The monoisotopic (exact) mass is 1040 g/mol. The third-order valence-corrected chi connectivity index (χ3v) is 14.4. The highest BCUT2D eigenvalue weighted by Crippen LogP contribution is 2.64. The molecular weight excluding hydrogens is 973 g/mol. The lowest BCUT2D eigenvalue weighted by Gasteiger charge is -2.67. The van der Waals surface area contributed by atoms with Crippen molar-refractivity contribution in [2.24, 2.45) is 22.5 Å². The predicted molar refractivity (Wildman–Crippen MR) is 254 cm³/mol. The number of esters is 6. The van der Waals surface area contributed by atoms with Crippen LogP contribution in [0.2, 0.25) is 0 Å². The summed E-state index contributed by atoms with van der Waals surface area (Å²) in [7, 11) is 1.40. The van der Waals surface area contributed by atoms with E-state index in [0.717, 1.165) is 6.92 Å². The van der Waals surface area contributed by atoms with E-state index in [2.05, 4.69) is 5.32 Å². The minimum Gasteiger partial charge on any atom is -0.497 e. The van der Waals surface area contributed by atoms with Crippen molar-refractivity contribution in [1.29, 1.82) is 0 Å². The van der Waals surface area contributed by atoms with E-state index in [-0.39, 0.29) is 41.9 Å². The summed E-state index contributed by atoms with van der Waals surface area (Å²) in [5.74, 6) is -8.93. The third kappa shape index (κ3) is 11.0. The van der Waals surface area contributed by atoms with E-state index in [0.29, 0.717) is 5.75 Å². The zero-order chi connectivity index (χ0) is 54.9. The Morgan fingerprint density at radius 2 is 1.57 bits per heavy atom. The summed E-state index contributed by atoms with van der Waals surface area (Å²) in [5.41, 5.74) is -3.65. The molecule has 4 aliphatic rings. The molecule has 0 radical (unpaired) electrons. The van der Waals surface area contributed by atoms with Crippen molar-refractivity contribution < 1.29 is 96.3 Å². The number of ether oxygens (including phenoxy) is 9. The van der Waals surface area contributed by atoms with Gasteiger partial charge in [-0.25, -0.2) is 19.2 Å². The summed E-state index contributed by atoms with van der Waals surface area (Å²) in [6, 6.07) is 10.3. The van der Waals surface area contributed by atoms with Gasteiger partial charge in [-0.2, -0.15) is 0 Å². The van der Waals surface area contributed by atoms with Crippen molar-refractivity contribution in [3.8, 4) is 5.75 Å². The van der Waals surface area contributed by atoms with Crippen LogP contribution >= 0.6 is 0 Å². The Labute approximate surface area is 427 Å². The highest BCUT2D eigenvalue weighted by atomic mass is 16.6. The molecule has 1 heterocycles. The normalized spacial score (nSPS) is 29.1. The maximum atomic E-state index is 15.3. The van der Waals surface area contributed by atoms with E-state index in [9.17, 15) is 44.1 Å². The van der Waals surface area contributed by atoms with Gasteiger partial charge in [-0.15, -0.1) is 0 Å². The molecule has 22 nitrogen and oxygen atoms in total. The molecule has 2 bridgehead atoms. The van der Waals surface area contributed by atoms with Gasteiger partial charge in [0.1, 0.15) is 53.5 Å². The number of methoxy groups -OCH3 is 1. The molecule has 0 spiro atoms. The van der Waals surface area contributed by atoms with Crippen LogP contribution in [0.4, 0.5) is 4.79 Å². The smallest absolute Gasteiger partial charge is 0.408 e. The van der Waals surface area contributed by atoms with Gasteiger partial charge in [0.25, 0.3) is 0 Å². The van der Waals surface area contributed by atoms with Crippen LogP contribution in [0.15, 0.2) is 65.7 Å². The highest BCUT2D eigenvalue weighted by molar-refractivity contribution is 5.94. The molecule has 6 N–H and O–H groups in total. The number of alkyl carbamates (subject to hydrolysis) is 1. The number of carbonyl (C=O) groups is 8. The number of aliphatic hydroxyl groups is 3. The predicted octanol–water partition coefficient (Wildman–Crippen LogP) is 2.64. The van der Waals surface area contributed by atoms with Gasteiger partial charge in [0.05, 0.1) is 49.7 Å². The number of rotatable bonds is 16. The van der Waals surface area contributed by atoms with Crippen molar-refractivity contribution >= 4 is 47.7 Å². The highest BCUT2D eigenvalue weighted by Gasteiger charge is 2.78. The molecule has 404 valence electrons. The second kappa shape index (κ2) is 21.8. The quantitative estimate of drug-likeness (QED) is 0.0917. The Kier molecular flexibility index (Phi) is 16.7. The molecule has 0 aromatic heterocycles. The number of nitrogens with two attached hydrogens (primary N) is 1. The summed E-state index contributed by atoms with van der Waals surface area (Å²) >= 11 is 0. The van der Waals surface area contributed by atoms with Crippen molar-refractivity contribution in [3.63, 3.8) is 0 Å². The van der Waals surface area contributed by atoms with E-state index in [4.69, 9.17) is 48.4 Å². The molecular formula is C52H66N2O20. The molecule has 2 saturated carbocycles. The van der Waals surface area contributed by atoms with Crippen molar-refractivity contribution in [2.45, 2.75) is 147 Å². The fourth-order valence-corrected chi connectivity index (χ4v) is 10.7.